The first-order valence-electron chi connectivity index (χ1n) is 7.66. The molecule has 0 N–H and O–H groups in total. The lowest BCUT2D eigenvalue weighted by Crippen LogP contribution is -2.25. The minimum Gasteiger partial charge on any atom is -0.462 e. The number of ether oxygens (including phenoxy) is 4. The lowest BCUT2D eigenvalue weighted by atomic mass is 9.98. The van der Waals surface area contributed by atoms with Crippen LogP contribution in [0.3, 0.4) is 0 Å². The van der Waals surface area contributed by atoms with Crippen LogP contribution in [0.5, 0.6) is 0 Å². The van der Waals surface area contributed by atoms with Gasteiger partial charge in [-0.25, -0.2) is 9.59 Å². The lowest BCUT2D eigenvalue weighted by Gasteiger charge is -2.22. The quantitative estimate of drug-likeness (QED) is 0.794. The Bertz CT molecular complexity index is 554. The predicted molar refractivity (Wildman–Crippen MR) is 82.0 cm³/mol. The molecule has 0 saturated heterocycles. The Morgan fingerprint density at radius 1 is 0.957 bits per heavy atom. The van der Waals surface area contributed by atoms with E-state index in [9.17, 15) is 9.59 Å². The maximum Gasteiger partial charge on any atom is 0.339 e. The predicted octanol–water partition coefficient (Wildman–Crippen LogP) is 2.82. The van der Waals surface area contributed by atoms with Gasteiger partial charge in [0.15, 0.2) is 5.79 Å². The summed E-state index contributed by atoms with van der Waals surface area (Å²) in [6, 6.07) is 3.26. The van der Waals surface area contributed by atoms with E-state index in [4.69, 9.17) is 18.9 Å². The number of hydrogen-bond donors (Lipinski definition) is 0. The van der Waals surface area contributed by atoms with E-state index in [0.29, 0.717) is 0 Å². The second-order valence-electron chi connectivity index (χ2n) is 5.58. The average molecular weight is 322 g/mol. The molecule has 1 aromatic rings. The molecule has 6 nitrogen and oxygen atoms in total. The van der Waals surface area contributed by atoms with Crippen LogP contribution in [0, 0.1) is 0 Å². The van der Waals surface area contributed by atoms with Crippen molar-refractivity contribution < 1.29 is 28.5 Å². The van der Waals surface area contributed by atoms with Crippen molar-refractivity contribution in [2.45, 2.75) is 46.7 Å². The zero-order valence-corrected chi connectivity index (χ0v) is 13.9. The molecule has 0 radical (unpaired) electrons. The van der Waals surface area contributed by atoms with E-state index in [-0.39, 0.29) is 37.6 Å². The Kier molecular flexibility index (Phi) is 5.38. The molecule has 0 unspecified atom stereocenters. The number of carbonyl (C=O) groups excluding carboxylic acids is 2. The topological polar surface area (TPSA) is 71.1 Å². The second kappa shape index (κ2) is 7.10. The summed E-state index contributed by atoms with van der Waals surface area (Å²) < 4.78 is 21.4. The fourth-order valence-corrected chi connectivity index (χ4v) is 2.26. The molecule has 2 rings (SSSR count). The number of benzene rings is 1. The van der Waals surface area contributed by atoms with E-state index < -0.39 is 17.7 Å². The van der Waals surface area contributed by atoms with Gasteiger partial charge in [-0.05, 0) is 51.0 Å². The Morgan fingerprint density at radius 3 is 1.70 bits per heavy atom. The van der Waals surface area contributed by atoms with Gasteiger partial charge in [-0.2, -0.15) is 0 Å². The Morgan fingerprint density at radius 2 is 1.35 bits per heavy atom. The van der Waals surface area contributed by atoms with Crippen LogP contribution in [-0.2, 0) is 32.2 Å². The molecule has 0 atom stereocenters. The number of carbonyl (C=O) groups is 2. The van der Waals surface area contributed by atoms with Crippen LogP contribution >= 0.6 is 0 Å². The summed E-state index contributed by atoms with van der Waals surface area (Å²) in [4.78, 5) is 24.3. The van der Waals surface area contributed by atoms with Crippen LogP contribution in [0.1, 0.15) is 59.5 Å². The average Bonchev–Trinajstić information content (AvgIpc) is 2.65. The molecular weight excluding hydrogens is 300 g/mol. The third-order valence-corrected chi connectivity index (χ3v) is 3.48. The van der Waals surface area contributed by atoms with Crippen LogP contribution in [0.2, 0.25) is 0 Å². The lowest BCUT2D eigenvalue weighted by molar-refractivity contribution is -0.219. The molecule has 23 heavy (non-hydrogen) atoms. The smallest absolute Gasteiger partial charge is 0.339 e. The summed E-state index contributed by atoms with van der Waals surface area (Å²) >= 11 is 0. The highest BCUT2D eigenvalue weighted by Crippen LogP contribution is 2.27. The SMILES string of the molecule is CCOC(=O)c1cc2c(cc1C(=O)OCC)COC(C)(C)OC2. The fraction of sp³-hybridized carbons (Fsp3) is 0.529. The fourth-order valence-electron chi connectivity index (χ4n) is 2.26. The van der Waals surface area contributed by atoms with Crippen molar-refractivity contribution >= 4 is 11.9 Å². The molecule has 0 amide bonds. The first kappa shape index (κ1) is 17.4. The van der Waals surface area contributed by atoms with Crippen molar-refractivity contribution in [1.82, 2.24) is 0 Å². The monoisotopic (exact) mass is 322 g/mol. The van der Waals surface area contributed by atoms with Crippen LogP contribution < -0.4 is 0 Å². The summed E-state index contributed by atoms with van der Waals surface area (Å²) in [6.07, 6.45) is 0. The summed E-state index contributed by atoms with van der Waals surface area (Å²) in [5, 5.41) is 0. The first-order valence-corrected chi connectivity index (χ1v) is 7.66. The van der Waals surface area contributed by atoms with Crippen molar-refractivity contribution in [3.63, 3.8) is 0 Å². The van der Waals surface area contributed by atoms with E-state index in [1.807, 2.05) is 13.8 Å². The van der Waals surface area contributed by atoms with Crippen molar-refractivity contribution in [3.8, 4) is 0 Å². The molecule has 1 heterocycles. The highest BCUT2D eigenvalue weighted by Gasteiger charge is 2.27. The normalized spacial score (nSPS) is 16.2. The number of fused-ring (bicyclic) bond motifs is 1. The maximum absolute atomic E-state index is 12.2. The minimum absolute atomic E-state index is 0.187. The van der Waals surface area contributed by atoms with Gasteiger partial charge >= 0.3 is 11.9 Å². The molecule has 0 fully saturated rings. The molecule has 0 aromatic heterocycles. The van der Waals surface area contributed by atoms with Crippen LogP contribution in [-0.4, -0.2) is 30.9 Å². The molecule has 1 aliphatic rings. The largest absolute Gasteiger partial charge is 0.462 e. The second-order valence-corrected chi connectivity index (χ2v) is 5.58. The summed E-state index contributed by atoms with van der Waals surface area (Å²) in [5.41, 5.74) is 1.97. The zero-order chi connectivity index (χ0) is 17.0. The van der Waals surface area contributed by atoms with Crippen molar-refractivity contribution in [2.24, 2.45) is 0 Å². The Labute approximate surface area is 135 Å². The third-order valence-electron chi connectivity index (χ3n) is 3.48. The van der Waals surface area contributed by atoms with Gasteiger partial charge in [0, 0.05) is 0 Å². The van der Waals surface area contributed by atoms with Crippen molar-refractivity contribution in [3.05, 3.63) is 34.4 Å². The number of rotatable bonds is 4. The standard InChI is InChI=1S/C17H22O6/c1-5-20-15(18)13-7-11-9-22-17(3,4)23-10-12(11)8-14(13)16(19)21-6-2/h7-8H,5-6,9-10H2,1-4H3. The van der Waals surface area contributed by atoms with E-state index in [1.54, 1.807) is 26.0 Å². The van der Waals surface area contributed by atoms with E-state index in [0.717, 1.165) is 11.1 Å². The van der Waals surface area contributed by atoms with Crippen molar-refractivity contribution in [1.29, 1.82) is 0 Å². The highest BCUT2D eigenvalue weighted by atomic mass is 16.7. The minimum atomic E-state index is -0.729. The third kappa shape index (κ3) is 4.09. The number of esters is 2. The van der Waals surface area contributed by atoms with E-state index >= 15 is 0 Å². The van der Waals surface area contributed by atoms with Gasteiger partial charge in [-0.1, -0.05) is 0 Å². The molecule has 6 heteroatoms. The van der Waals surface area contributed by atoms with Gasteiger partial charge in [0.05, 0.1) is 37.6 Å². The van der Waals surface area contributed by atoms with Crippen molar-refractivity contribution in [2.75, 3.05) is 13.2 Å². The maximum atomic E-state index is 12.2. The van der Waals surface area contributed by atoms with Gasteiger partial charge in [0.25, 0.3) is 0 Å². The zero-order valence-electron chi connectivity index (χ0n) is 13.9. The first-order chi connectivity index (χ1) is 10.9. The van der Waals surface area contributed by atoms with Gasteiger partial charge < -0.3 is 18.9 Å². The van der Waals surface area contributed by atoms with Crippen LogP contribution in [0.4, 0.5) is 0 Å². The molecule has 0 aliphatic carbocycles. The van der Waals surface area contributed by atoms with Gasteiger partial charge in [0.2, 0.25) is 0 Å². The summed E-state index contributed by atoms with van der Waals surface area (Å²) in [7, 11) is 0. The molecule has 0 spiro atoms. The molecule has 1 aliphatic heterocycles. The van der Waals surface area contributed by atoms with Gasteiger partial charge in [-0.15, -0.1) is 0 Å². The molecule has 126 valence electrons. The molecular formula is C17H22O6. The molecule has 1 aromatic carbocycles. The van der Waals surface area contributed by atoms with Gasteiger partial charge in [0.1, 0.15) is 0 Å². The highest BCUT2D eigenvalue weighted by molar-refractivity contribution is 6.03. The molecule has 0 saturated carbocycles. The Hall–Kier alpha value is -1.92. The van der Waals surface area contributed by atoms with Crippen LogP contribution in [0.25, 0.3) is 0 Å². The summed E-state index contributed by atoms with van der Waals surface area (Å²) in [5.74, 6) is -1.83. The Balaban J connectivity index is 2.46. The number of hydrogen-bond acceptors (Lipinski definition) is 6. The van der Waals surface area contributed by atoms with E-state index in [1.165, 1.54) is 0 Å². The summed E-state index contributed by atoms with van der Waals surface area (Å²) in [6.45, 7) is 8.09. The molecule has 0 bridgehead atoms. The van der Waals surface area contributed by atoms with E-state index in [2.05, 4.69) is 0 Å². The van der Waals surface area contributed by atoms with Crippen LogP contribution in [0.15, 0.2) is 12.1 Å². The van der Waals surface area contributed by atoms with Gasteiger partial charge in [-0.3, -0.25) is 0 Å².